The standard InChI is InChI=1S/C9H7BrF2INO2/c1-16-9(15)6-2-5(13)4(3-10)7(14-6)8(11)12/h2,8H,3H2,1H3. The molecule has 0 fully saturated rings. The van der Waals surface area contributed by atoms with E-state index in [1.807, 2.05) is 22.6 Å². The predicted octanol–water partition coefficient (Wildman–Crippen LogP) is 3.31. The van der Waals surface area contributed by atoms with Crippen LogP contribution in [0.15, 0.2) is 6.07 Å². The van der Waals surface area contributed by atoms with E-state index in [-0.39, 0.29) is 16.7 Å². The Morgan fingerprint density at radius 3 is 2.75 bits per heavy atom. The third kappa shape index (κ3) is 2.88. The molecule has 0 saturated heterocycles. The summed E-state index contributed by atoms with van der Waals surface area (Å²) in [5.41, 5.74) is -0.0978. The number of hydrogen-bond donors (Lipinski definition) is 0. The molecule has 88 valence electrons. The van der Waals surface area contributed by atoms with E-state index in [2.05, 4.69) is 25.7 Å². The lowest BCUT2D eigenvalue weighted by molar-refractivity contribution is 0.0592. The zero-order chi connectivity index (χ0) is 12.3. The molecule has 1 heterocycles. The third-order valence-corrected chi connectivity index (χ3v) is 3.36. The van der Waals surface area contributed by atoms with Crippen molar-refractivity contribution in [2.45, 2.75) is 11.8 Å². The molecule has 7 heteroatoms. The minimum absolute atomic E-state index is 0.105. The molecule has 0 spiro atoms. The topological polar surface area (TPSA) is 39.2 Å². The number of esters is 1. The number of nitrogens with zero attached hydrogens (tertiary/aromatic N) is 1. The van der Waals surface area contributed by atoms with Gasteiger partial charge in [-0.05, 0) is 28.7 Å². The first-order chi connectivity index (χ1) is 7.51. The first-order valence-corrected chi connectivity index (χ1v) is 6.33. The van der Waals surface area contributed by atoms with Gasteiger partial charge in [-0.15, -0.1) is 0 Å². The normalized spacial score (nSPS) is 10.6. The van der Waals surface area contributed by atoms with E-state index in [9.17, 15) is 13.6 Å². The molecule has 1 rings (SSSR count). The van der Waals surface area contributed by atoms with Gasteiger partial charge in [-0.3, -0.25) is 0 Å². The van der Waals surface area contributed by atoms with Crippen LogP contribution in [-0.2, 0) is 10.1 Å². The van der Waals surface area contributed by atoms with E-state index in [0.29, 0.717) is 9.13 Å². The van der Waals surface area contributed by atoms with Gasteiger partial charge in [-0.25, -0.2) is 18.6 Å². The van der Waals surface area contributed by atoms with Crippen LogP contribution in [0.4, 0.5) is 8.78 Å². The molecule has 1 aromatic heterocycles. The molecule has 0 N–H and O–H groups in total. The van der Waals surface area contributed by atoms with Crippen molar-refractivity contribution < 1.29 is 18.3 Å². The molecule has 3 nitrogen and oxygen atoms in total. The first kappa shape index (κ1) is 13.8. The number of methoxy groups -OCH3 is 1. The second-order valence-electron chi connectivity index (χ2n) is 2.78. The summed E-state index contributed by atoms with van der Waals surface area (Å²) in [5.74, 6) is -0.721. The van der Waals surface area contributed by atoms with Crippen molar-refractivity contribution in [1.29, 1.82) is 0 Å². The Morgan fingerprint density at radius 1 is 1.69 bits per heavy atom. The molecular formula is C9H7BrF2INO2. The Bertz CT molecular complexity index is 415. The Hall–Kier alpha value is -0.310. The van der Waals surface area contributed by atoms with Crippen LogP contribution in [0.25, 0.3) is 0 Å². The fourth-order valence-electron chi connectivity index (χ4n) is 1.08. The Kier molecular flexibility index (Phi) is 5.03. The maximum absolute atomic E-state index is 12.7. The highest BCUT2D eigenvalue weighted by Crippen LogP contribution is 2.27. The minimum Gasteiger partial charge on any atom is -0.464 e. The molecule has 0 atom stereocenters. The van der Waals surface area contributed by atoms with E-state index >= 15 is 0 Å². The molecule has 0 aromatic carbocycles. The molecule has 0 aliphatic rings. The number of hydrogen-bond acceptors (Lipinski definition) is 3. The summed E-state index contributed by atoms with van der Waals surface area (Å²) in [7, 11) is 1.18. The van der Waals surface area contributed by atoms with E-state index in [1.54, 1.807) is 0 Å². The average molecular weight is 406 g/mol. The van der Waals surface area contributed by atoms with Crippen molar-refractivity contribution in [3.63, 3.8) is 0 Å². The number of ether oxygens (including phenoxy) is 1. The number of pyridine rings is 1. The Labute approximate surface area is 113 Å². The molecule has 16 heavy (non-hydrogen) atoms. The van der Waals surface area contributed by atoms with Gasteiger partial charge < -0.3 is 4.74 Å². The highest BCUT2D eigenvalue weighted by molar-refractivity contribution is 14.1. The molecule has 0 aliphatic heterocycles. The summed E-state index contributed by atoms with van der Waals surface area (Å²) < 4.78 is 30.4. The highest BCUT2D eigenvalue weighted by atomic mass is 127. The number of carbonyl (C=O) groups is 1. The van der Waals surface area contributed by atoms with Crippen LogP contribution in [0, 0.1) is 3.57 Å². The van der Waals surface area contributed by atoms with Crippen molar-refractivity contribution >= 4 is 44.5 Å². The molecule has 0 saturated carbocycles. The minimum atomic E-state index is -2.72. The van der Waals surface area contributed by atoms with Gasteiger partial charge >= 0.3 is 5.97 Å². The summed E-state index contributed by atoms with van der Waals surface area (Å²) in [4.78, 5) is 14.8. The monoisotopic (exact) mass is 405 g/mol. The zero-order valence-electron chi connectivity index (χ0n) is 8.14. The van der Waals surface area contributed by atoms with Gasteiger partial charge in [0.15, 0.2) is 0 Å². The van der Waals surface area contributed by atoms with E-state index in [1.165, 1.54) is 13.2 Å². The van der Waals surface area contributed by atoms with Gasteiger partial charge in [0.1, 0.15) is 11.4 Å². The van der Waals surface area contributed by atoms with Crippen LogP contribution in [0.1, 0.15) is 28.2 Å². The summed E-state index contributed by atoms with van der Waals surface area (Å²) in [6.45, 7) is 0. The number of alkyl halides is 3. The molecule has 0 amide bonds. The first-order valence-electron chi connectivity index (χ1n) is 4.13. The fraction of sp³-hybridized carbons (Fsp3) is 0.333. The number of carbonyl (C=O) groups excluding carboxylic acids is 1. The van der Waals surface area contributed by atoms with Crippen molar-refractivity contribution in [3.05, 3.63) is 26.6 Å². The van der Waals surface area contributed by atoms with Gasteiger partial charge in [0.25, 0.3) is 6.43 Å². The van der Waals surface area contributed by atoms with Crippen molar-refractivity contribution in [1.82, 2.24) is 4.98 Å². The van der Waals surface area contributed by atoms with Gasteiger partial charge in [0.05, 0.1) is 7.11 Å². The number of halogens is 4. The molecule has 0 aliphatic carbocycles. The summed E-state index contributed by atoms with van der Waals surface area (Å²) in [5, 5.41) is 0.263. The maximum Gasteiger partial charge on any atom is 0.356 e. The van der Waals surface area contributed by atoms with Gasteiger partial charge in [0.2, 0.25) is 0 Å². The van der Waals surface area contributed by atoms with Crippen molar-refractivity contribution in [2.24, 2.45) is 0 Å². The molecule has 1 aromatic rings. The van der Waals surface area contributed by atoms with Gasteiger partial charge in [0, 0.05) is 14.5 Å². The predicted molar refractivity (Wildman–Crippen MR) is 65.9 cm³/mol. The van der Waals surface area contributed by atoms with Crippen LogP contribution in [0.2, 0.25) is 0 Å². The summed E-state index contributed by atoms with van der Waals surface area (Å²) in [6, 6.07) is 1.43. The second-order valence-corrected chi connectivity index (χ2v) is 4.50. The lowest BCUT2D eigenvalue weighted by atomic mass is 10.2. The Morgan fingerprint density at radius 2 is 2.31 bits per heavy atom. The van der Waals surface area contributed by atoms with Crippen LogP contribution >= 0.6 is 38.5 Å². The largest absolute Gasteiger partial charge is 0.464 e. The quantitative estimate of drug-likeness (QED) is 0.440. The lowest BCUT2D eigenvalue weighted by Crippen LogP contribution is -2.10. The number of aromatic nitrogens is 1. The molecule has 0 radical (unpaired) electrons. The summed E-state index contributed by atoms with van der Waals surface area (Å²) >= 11 is 5.00. The van der Waals surface area contributed by atoms with Crippen LogP contribution in [0.3, 0.4) is 0 Å². The number of rotatable bonds is 3. The van der Waals surface area contributed by atoms with Crippen molar-refractivity contribution in [3.8, 4) is 0 Å². The summed E-state index contributed by atoms with van der Waals surface area (Å²) in [6.07, 6.45) is -2.72. The van der Waals surface area contributed by atoms with Gasteiger partial charge in [-0.1, -0.05) is 15.9 Å². The van der Waals surface area contributed by atoms with Crippen LogP contribution < -0.4 is 0 Å². The fourth-order valence-corrected chi connectivity index (χ4v) is 2.96. The zero-order valence-corrected chi connectivity index (χ0v) is 11.9. The highest BCUT2D eigenvalue weighted by Gasteiger charge is 2.20. The second kappa shape index (κ2) is 5.85. The lowest BCUT2D eigenvalue weighted by Gasteiger charge is -2.09. The Balaban J connectivity index is 3.33. The molecular weight excluding hydrogens is 399 g/mol. The van der Waals surface area contributed by atoms with E-state index < -0.39 is 12.4 Å². The van der Waals surface area contributed by atoms with E-state index in [0.717, 1.165) is 0 Å². The van der Waals surface area contributed by atoms with Crippen LogP contribution in [0.5, 0.6) is 0 Å². The SMILES string of the molecule is COC(=O)c1cc(I)c(CBr)c(C(F)F)n1. The molecule has 0 unspecified atom stereocenters. The van der Waals surface area contributed by atoms with Crippen LogP contribution in [-0.4, -0.2) is 18.1 Å². The third-order valence-electron chi connectivity index (χ3n) is 1.84. The van der Waals surface area contributed by atoms with Gasteiger partial charge in [-0.2, -0.15) is 0 Å². The van der Waals surface area contributed by atoms with Crippen molar-refractivity contribution in [2.75, 3.05) is 7.11 Å². The maximum atomic E-state index is 12.7. The average Bonchev–Trinajstić information content (AvgIpc) is 2.26. The molecule has 0 bridgehead atoms. The van der Waals surface area contributed by atoms with E-state index in [4.69, 9.17) is 0 Å². The smallest absolute Gasteiger partial charge is 0.356 e.